The first-order valence-electron chi connectivity index (χ1n) is 14.2. The number of carbonyl (C=O) groups excluding carboxylic acids is 1. The average Bonchev–Trinajstić information content (AvgIpc) is 3.35. The van der Waals surface area contributed by atoms with Gasteiger partial charge >= 0.3 is 0 Å². The van der Waals surface area contributed by atoms with Crippen LogP contribution in [-0.2, 0) is 4.79 Å². The number of H-pyrrole nitrogens is 1. The molecule has 0 atom stereocenters. The molecule has 0 radical (unpaired) electrons. The number of amides is 1. The molecule has 40 heavy (non-hydrogen) atoms. The second-order valence-corrected chi connectivity index (χ2v) is 11.9. The second-order valence-electron chi connectivity index (χ2n) is 11.1. The van der Waals surface area contributed by atoms with E-state index in [9.17, 15) is 4.79 Å². The third kappa shape index (κ3) is 4.11. The Balaban J connectivity index is 1.15. The van der Waals surface area contributed by atoms with Crippen LogP contribution in [0, 0.1) is 5.92 Å². The van der Waals surface area contributed by atoms with Crippen LogP contribution in [0.5, 0.6) is 0 Å². The van der Waals surface area contributed by atoms with Crippen LogP contribution in [0.25, 0.3) is 38.7 Å². The van der Waals surface area contributed by atoms with Crippen molar-refractivity contribution in [3.05, 3.63) is 101 Å². The van der Waals surface area contributed by atoms with Crippen LogP contribution in [0.2, 0.25) is 0 Å². The highest BCUT2D eigenvalue weighted by Gasteiger charge is 2.37. The van der Waals surface area contributed by atoms with E-state index in [0.717, 1.165) is 65.9 Å². The predicted molar refractivity (Wildman–Crippen MR) is 165 cm³/mol. The fourth-order valence-electron chi connectivity index (χ4n) is 6.41. The average molecular weight is 543 g/mol. The number of hydrogen-bond donors (Lipinski definition) is 3. The zero-order valence-corrected chi connectivity index (χ0v) is 23.0. The summed E-state index contributed by atoms with van der Waals surface area (Å²) < 4.78 is 0. The van der Waals surface area contributed by atoms with Crippen molar-refractivity contribution in [1.82, 2.24) is 9.99 Å². The number of nitrogens with zero attached hydrogens (tertiary/aromatic N) is 1. The normalized spacial score (nSPS) is 16.4. The Labute approximate surface area is 237 Å². The van der Waals surface area contributed by atoms with E-state index in [1.807, 2.05) is 12.1 Å². The van der Waals surface area contributed by atoms with Crippen LogP contribution < -0.4 is 10.7 Å². The van der Waals surface area contributed by atoms with Gasteiger partial charge in [0.1, 0.15) is 0 Å². The van der Waals surface area contributed by atoms with Gasteiger partial charge in [0.15, 0.2) is 0 Å². The summed E-state index contributed by atoms with van der Waals surface area (Å²) in [7, 11) is 0. The summed E-state index contributed by atoms with van der Waals surface area (Å²) in [4.78, 5) is 16.6. The maximum Gasteiger partial charge on any atom is 0.227 e. The van der Waals surface area contributed by atoms with Crippen molar-refractivity contribution in [3.8, 4) is 22.3 Å². The number of hydrogen-bond acceptors (Lipinski definition) is 4. The van der Waals surface area contributed by atoms with Crippen LogP contribution in [0.1, 0.15) is 43.4 Å². The number of hydrazine groups is 1. The lowest BCUT2D eigenvalue weighted by atomic mass is 9.88. The number of carbonyl (C=O) groups is 1. The molecule has 2 fully saturated rings. The van der Waals surface area contributed by atoms with Crippen LogP contribution in [-0.4, -0.2) is 22.4 Å². The van der Waals surface area contributed by atoms with Crippen molar-refractivity contribution in [2.75, 3.05) is 17.3 Å². The minimum atomic E-state index is 0.138. The highest BCUT2D eigenvalue weighted by molar-refractivity contribution is 7.08. The molecule has 5 nitrogen and oxygen atoms in total. The summed E-state index contributed by atoms with van der Waals surface area (Å²) in [6.45, 7) is 0.911. The summed E-state index contributed by atoms with van der Waals surface area (Å²) in [5.41, 5.74) is 16.3. The van der Waals surface area contributed by atoms with Gasteiger partial charge in [-0.3, -0.25) is 15.2 Å². The summed E-state index contributed by atoms with van der Waals surface area (Å²) >= 11 is 1.73. The molecular weight excluding hydrogens is 512 g/mol. The standard InChI is InChI=1S/C34H30N4OS/c39-34(21-6-2-1-3-7-21)35-25-9-4-8-22(16-25)23-12-13-30-28(17-23)33(32-19-38(32)37-30)31-18-27-26(24-14-15-40-20-24)10-5-11-29(27)36-31/h4-5,8-18,20-21,36-37H,1-3,6-7,19H2,(H,35,39). The Hall–Kier alpha value is -4.29. The Kier molecular flexibility index (Phi) is 5.55. The van der Waals surface area contributed by atoms with E-state index >= 15 is 0 Å². The van der Waals surface area contributed by atoms with Gasteiger partial charge in [0.2, 0.25) is 5.91 Å². The molecule has 1 saturated heterocycles. The topological polar surface area (TPSA) is 59.9 Å². The number of fused-ring (bicyclic) bond motifs is 3. The van der Waals surface area contributed by atoms with E-state index < -0.39 is 0 Å². The molecule has 4 heterocycles. The molecule has 0 bridgehead atoms. The van der Waals surface area contributed by atoms with E-state index in [-0.39, 0.29) is 11.8 Å². The molecule has 3 aliphatic rings. The molecule has 3 aromatic carbocycles. The number of aromatic nitrogens is 1. The lowest BCUT2D eigenvalue weighted by Gasteiger charge is -2.21. The Bertz CT molecular complexity index is 1790. The number of benzene rings is 3. The van der Waals surface area contributed by atoms with Crippen LogP contribution in [0.15, 0.2) is 89.3 Å². The Morgan fingerprint density at radius 3 is 2.62 bits per heavy atom. The fraction of sp³-hybridized carbons (Fsp3) is 0.206. The Morgan fingerprint density at radius 1 is 0.875 bits per heavy atom. The van der Waals surface area contributed by atoms with Crippen molar-refractivity contribution in [2.24, 2.45) is 5.92 Å². The SMILES string of the molecule is O=C(Nc1cccc(-c2ccc3c(c2)C(c2cc4c(-c5ccsc5)cccc4[nH]2)=C2CN2N3)c1)C1CCCCC1. The third-order valence-electron chi connectivity index (χ3n) is 8.57. The molecule has 3 N–H and O–H groups in total. The van der Waals surface area contributed by atoms with Gasteiger partial charge in [-0.05, 0) is 88.3 Å². The number of anilines is 2. The van der Waals surface area contributed by atoms with E-state index in [1.165, 1.54) is 39.8 Å². The predicted octanol–water partition coefficient (Wildman–Crippen LogP) is 8.50. The summed E-state index contributed by atoms with van der Waals surface area (Å²) in [6, 6.07) is 25.9. The monoisotopic (exact) mass is 542 g/mol. The molecule has 0 unspecified atom stereocenters. The van der Waals surface area contributed by atoms with Crippen molar-refractivity contribution in [2.45, 2.75) is 32.1 Å². The van der Waals surface area contributed by atoms with Gasteiger partial charge in [0.05, 0.1) is 17.9 Å². The second kappa shape index (κ2) is 9.42. The molecule has 8 rings (SSSR count). The zero-order valence-electron chi connectivity index (χ0n) is 22.2. The summed E-state index contributed by atoms with van der Waals surface area (Å²) in [6.07, 6.45) is 5.56. The largest absolute Gasteiger partial charge is 0.354 e. The van der Waals surface area contributed by atoms with E-state index in [4.69, 9.17) is 0 Å². The number of rotatable bonds is 5. The first-order chi connectivity index (χ1) is 19.7. The van der Waals surface area contributed by atoms with Crippen molar-refractivity contribution >= 4 is 45.1 Å². The van der Waals surface area contributed by atoms with Gasteiger partial charge < -0.3 is 10.3 Å². The smallest absolute Gasteiger partial charge is 0.227 e. The number of aromatic amines is 1. The molecule has 5 aromatic rings. The molecular formula is C34H30N4OS. The number of nitrogens with one attached hydrogen (secondary N) is 3. The first-order valence-corrected chi connectivity index (χ1v) is 15.1. The molecule has 1 aliphatic carbocycles. The van der Waals surface area contributed by atoms with Crippen molar-refractivity contribution in [1.29, 1.82) is 0 Å². The maximum absolute atomic E-state index is 12.9. The van der Waals surface area contributed by atoms with E-state index in [0.29, 0.717) is 0 Å². The van der Waals surface area contributed by atoms with Crippen LogP contribution >= 0.6 is 11.3 Å². The van der Waals surface area contributed by atoms with Gasteiger partial charge in [0, 0.05) is 39.3 Å². The van der Waals surface area contributed by atoms with E-state index in [2.05, 4.69) is 92.2 Å². The van der Waals surface area contributed by atoms with Gasteiger partial charge in [-0.15, -0.1) is 0 Å². The van der Waals surface area contributed by atoms with Crippen LogP contribution in [0.4, 0.5) is 11.4 Å². The Morgan fingerprint density at radius 2 is 1.75 bits per heavy atom. The number of thiophene rings is 1. The molecule has 2 aliphatic heterocycles. The van der Waals surface area contributed by atoms with Crippen molar-refractivity contribution < 1.29 is 4.79 Å². The van der Waals surface area contributed by atoms with Gasteiger partial charge in [0.25, 0.3) is 0 Å². The lowest BCUT2D eigenvalue weighted by Crippen LogP contribution is -2.24. The van der Waals surface area contributed by atoms with Crippen LogP contribution in [0.3, 0.4) is 0 Å². The minimum absolute atomic E-state index is 0.138. The fourth-order valence-corrected chi connectivity index (χ4v) is 7.07. The lowest BCUT2D eigenvalue weighted by molar-refractivity contribution is -0.120. The van der Waals surface area contributed by atoms with Crippen molar-refractivity contribution in [3.63, 3.8) is 0 Å². The molecule has 1 saturated carbocycles. The molecule has 1 amide bonds. The third-order valence-corrected chi connectivity index (χ3v) is 9.25. The quantitative estimate of drug-likeness (QED) is 0.195. The van der Waals surface area contributed by atoms with Gasteiger partial charge in [-0.25, -0.2) is 0 Å². The molecule has 6 heteroatoms. The van der Waals surface area contributed by atoms with Gasteiger partial charge in [-0.2, -0.15) is 11.3 Å². The molecule has 2 aromatic heterocycles. The maximum atomic E-state index is 12.9. The summed E-state index contributed by atoms with van der Waals surface area (Å²) in [5.74, 6) is 0.299. The first kappa shape index (κ1) is 23.6. The molecule has 198 valence electrons. The van der Waals surface area contributed by atoms with Gasteiger partial charge in [-0.1, -0.05) is 49.6 Å². The highest BCUT2D eigenvalue weighted by atomic mass is 32.1. The molecule has 0 spiro atoms. The van der Waals surface area contributed by atoms with E-state index in [1.54, 1.807) is 11.3 Å². The zero-order chi connectivity index (χ0) is 26.6. The summed E-state index contributed by atoms with van der Waals surface area (Å²) in [5, 5.41) is 11.0. The highest BCUT2D eigenvalue weighted by Crippen LogP contribution is 2.46. The minimum Gasteiger partial charge on any atom is -0.354 e.